The number of benzene rings is 2. The van der Waals surface area contributed by atoms with E-state index in [0.717, 1.165) is 15.6 Å². The third-order valence-electron chi connectivity index (χ3n) is 5.50. The van der Waals surface area contributed by atoms with Crippen LogP contribution < -0.4 is 4.74 Å². The molecular weight excluding hydrogens is 460 g/mol. The highest BCUT2D eigenvalue weighted by atomic mass is 79.9. The zero-order valence-electron chi connectivity index (χ0n) is 17.1. The first kappa shape index (κ1) is 21.4. The highest BCUT2D eigenvalue weighted by Gasteiger charge is 2.42. The average Bonchev–Trinajstić information content (AvgIpc) is 2.77. The SMILES string of the molecule is Cc1ccc(/C=C/C(=O)OC2CCC3C(=O)C(Oc4ccccc4Br)=COC3C2)cc1. The maximum Gasteiger partial charge on any atom is 0.331 e. The van der Waals surface area contributed by atoms with Crippen LogP contribution in [0.25, 0.3) is 6.08 Å². The molecule has 0 saturated heterocycles. The van der Waals surface area contributed by atoms with Crippen LogP contribution in [0.4, 0.5) is 0 Å². The third kappa shape index (κ3) is 5.25. The Morgan fingerprint density at radius 1 is 1.13 bits per heavy atom. The van der Waals surface area contributed by atoms with Crippen LogP contribution in [0, 0.1) is 12.8 Å². The molecular formula is C25H23BrO5. The van der Waals surface area contributed by atoms with E-state index in [9.17, 15) is 9.59 Å². The standard InChI is InChI=1S/C25H23BrO5/c1-16-6-8-17(9-7-16)10-13-24(27)30-18-11-12-19-22(14-18)29-15-23(25(19)28)31-21-5-3-2-4-20(21)26/h2-10,13,15,18-19,22H,11-12,14H2,1H3/b13-10+. The molecule has 5 nitrogen and oxygen atoms in total. The number of hydrogen-bond donors (Lipinski definition) is 0. The predicted molar refractivity (Wildman–Crippen MR) is 120 cm³/mol. The molecule has 0 amide bonds. The topological polar surface area (TPSA) is 61.8 Å². The van der Waals surface area contributed by atoms with Crippen molar-refractivity contribution in [3.05, 3.63) is 82.2 Å². The second kappa shape index (κ2) is 9.52. The summed E-state index contributed by atoms with van der Waals surface area (Å²) in [4.78, 5) is 25.1. The highest BCUT2D eigenvalue weighted by Crippen LogP contribution is 2.36. The van der Waals surface area contributed by atoms with Gasteiger partial charge in [0.05, 0.1) is 10.4 Å². The van der Waals surface area contributed by atoms with Crippen molar-refractivity contribution in [3.8, 4) is 5.75 Å². The van der Waals surface area contributed by atoms with Crippen LogP contribution in [0.5, 0.6) is 5.75 Å². The van der Waals surface area contributed by atoms with E-state index in [1.807, 2.05) is 49.4 Å². The first-order chi connectivity index (χ1) is 15.0. The lowest BCUT2D eigenvalue weighted by atomic mass is 9.80. The molecule has 1 saturated carbocycles. The summed E-state index contributed by atoms with van der Waals surface area (Å²) in [5, 5.41) is 0. The summed E-state index contributed by atoms with van der Waals surface area (Å²) < 4.78 is 17.9. The predicted octanol–water partition coefficient (Wildman–Crippen LogP) is 5.37. The number of para-hydroxylation sites is 1. The molecule has 0 N–H and O–H groups in total. The van der Waals surface area contributed by atoms with E-state index in [1.165, 1.54) is 12.3 Å². The van der Waals surface area contributed by atoms with Crippen molar-refractivity contribution >= 4 is 33.8 Å². The van der Waals surface area contributed by atoms with E-state index in [4.69, 9.17) is 14.2 Å². The van der Waals surface area contributed by atoms with Crippen molar-refractivity contribution in [2.45, 2.75) is 38.4 Å². The molecule has 1 aliphatic carbocycles. The normalized spacial score (nSPS) is 23.0. The lowest BCUT2D eigenvalue weighted by Crippen LogP contribution is -2.42. The van der Waals surface area contributed by atoms with Crippen LogP contribution in [0.1, 0.15) is 30.4 Å². The summed E-state index contributed by atoms with van der Waals surface area (Å²) in [6.45, 7) is 2.01. The Morgan fingerprint density at radius 3 is 2.68 bits per heavy atom. The Labute approximate surface area is 189 Å². The van der Waals surface area contributed by atoms with Gasteiger partial charge >= 0.3 is 5.97 Å². The lowest BCUT2D eigenvalue weighted by Gasteiger charge is -2.36. The van der Waals surface area contributed by atoms with E-state index in [0.29, 0.717) is 25.0 Å². The van der Waals surface area contributed by atoms with Gasteiger partial charge in [-0.25, -0.2) is 4.79 Å². The summed E-state index contributed by atoms with van der Waals surface area (Å²) in [5.41, 5.74) is 2.10. The van der Waals surface area contributed by atoms with E-state index in [-0.39, 0.29) is 35.6 Å². The number of hydrogen-bond acceptors (Lipinski definition) is 5. The van der Waals surface area contributed by atoms with Crippen molar-refractivity contribution in [3.63, 3.8) is 0 Å². The molecule has 0 radical (unpaired) electrons. The number of aryl methyl sites for hydroxylation is 1. The maximum atomic E-state index is 12.9. The third-order valence-corrected chi connectivity index (χ3v) is 6.16. The van der Waals surface area contributed by atoms with Gasteiger partial charge in [0.25, 0.3) is 0 Å². The van der Waals surface area contributed by atoms with Crippen LogP contribution in [0.2, 0.25) is 0 Å². The smallest absolute Gasteiger partial charge is 0.331 e. The molecule has 4 rings (SSSR count). The number of carbonyl (C=O) groups is 2. The minimum atomic E-state index is -0.389. The molecule has 31 heavy (non-hydrogen) atoms. The second-order valence-corrected chi connectivity index (χ2v) is 8.63. The maximum absolute atomic E-state index is 12.9. The molecule has 0 bridgehead atoms. The molecule has 1 aliphatic heterocycles. The van der Waals surface area contributed by atoms with Crippen molar-refractivity contribution in [2.24, 2.45) is 5.92 Å². The molecule has 2 aromatic carbocycles. The van der Waals surface area contributed by atoms with Crippen molar-refractivity contribution in [2.75, 3.05) is 0 Å². The Bertz CT molecular complexity index is 1020. The first-order valence-corrected chi connectivity index (χ1v) is 11.1. The Kier molecular flexibility index (Phi) is 6.56. The molecule has 2 aromatic rings. The van der Waals surface area contributed by atoms with Gasteiger partial charge in [0.2, 0.25) is 11.5 Å². The molecule has 0 spiro atoms. The number of halogens is 1. The number of allylic oxidation sites excluding steroid dienone is 1. The fraction of sp³-hybridized carbons (Fsp3) is 0.280. The molecule has 3 atom stereocenters. The second-order valence-electron chi connectivity index (χ2n) is 7.78. The van der Waals surface area contributed by atoms with Gasteiger partial charge in [0.1, 0.15) is 24.2 Å². The zero-order chi connectivity index (χ0) is 21.8. The van der Waals surface area contributed by atoms with E-state index < -0.39 is 0 Å². The van der Waals surface area contributed by atoms with E-state index in [2.05, 4.69) is 15.9 Å². The Hall–Kier alpha value is -2.86. The molecule has 160 valence electrons. The summed E-state index contributed by atoms with van der Waals surface area (Å²) in [5.74, 6) is 0.00740. The van der Waals surface area contributed by atoms with Gasteiger partial charge in [-0.05, 0) is 59.5 Å². The van der Waals surface area contributed by atoms with Gasteiger partial charge in [-0.15, -0.1) is 0 Å². The van der Waals surface area contributed by atoms with Crippen LogP contribution in [0.3, 0.4) is 0 Å². The van der Waals surface area contributed by atoms with E-state index in [1.54, 1.807) is 12.1 Å². The highest BCUT2D eigenvalue weighted by molar-refractivity contribution is 9.10. The van der Waals surface area contributed by atoms with Crippen LogP contribution >= 0.6 is 15.9 Å². The minimum Gasteiger partial charge on any atom is -0.493 e. The van der Waals surface area contributed by atoms with Crippen molar-refractivity contribution in [1.29, 1.82) is 0 Å². The van der Waals surface area contributed by atoms with Crippen LogP contribution in [-0.2, 0) is 19.1 Å². The molecule has 2 aliphatic rings. The van der Waals surface area contributed by atoms with Gasteiger partial charge in [0, 0.05) is 12.5 Å². The van der Waals surface area contributed by atoms with Crippen LogP contribution in [-0.4, -0.2) is 24.0 Å². The van der Waals surface area contributed by atoms with Gasteiger partial charge in [-0.2, -0.15) is 0 Å². The molecule has 6 heteroatoms. The van der Waals surface area contributed by atoms with Gasteiger partial charge in [0.15, 0.2) is 0 Å². The van der Waals surface area contributed by atoms with Crippen molar-refractivity contribution < 1.29 is 23.8 Å². The molecule has 1 heterocycles. The average molecular weight is 483 g/mol. The number of fused-ring (bicyclic) bond motifs is 1. The lowest BCUT2D eigenvalue weighted by molar-refractivity contribution is -0.149. The fourth-order valence-electron chi connectivity index (χ4n) is 3.81. The molecule has 0 aromatic heterocycles. The van der Waals surface area contributed by atoms with Gasteiger partial charge in [-0.1, -0.05) is 42.0 Å². The summed E-state index contributed by atoms with van der Waals surface area (Å²) in [6, 6.07) is 15.2. The fourth-order valence-corrected chi connectivity index (χ4v) is 4.17. The quantitative estimate of drug-likeness (QED) is 0.423. The Balaban J connectivity index is 1.33. The largest absolute Gasteiger partial charge is 0.493 e. The van der Waals surface area contributed by atoms with Crippen molar-refractivity contribution in [1.82, 2.24) is 0 Å². The van der Waals surface area contributed by atoms with E-state index >= 15 is 0 Å². The van der Waals surface area contributed by atoms with Crippen LogP contribution in [0.15, 0.2) is 71.1 Å². The number of ether oxygens (including phenoxy) is 3. The minimum absolute atomic E-state index is 0.0731. The number of ketones is 1. The zero-order valence-corrected chi connectivity index (χ0v) is 18.7. The Morgan fingerprint density at radius 2 is 1.90 bits per heavy atom. The molecule has 3 unspecified atom stereocenters. The summed E-state index contributed by atoms with van der Waals surface area (Å²) in [7, 11) is 0. The molecule has 1 fully saturated rings. The summed E-state index contributed by atoms with van der Waals surface area (Å²) in [6.07, 6.45) is 5.65. The number of Topliss-reactive ketones (excluding diaryl/α,β-unsaturated/α-hetero) is 1. The van der Waals surface area contributed by atoms with Gasteiger partial charge < -0.3 is 14.2 Å². The number of esters is 1. The number of carbonyl (C=O) groups excluding carboxylic acids is 2. The number of rotatable bonds is 5. The first-order valence-electron chi connectivity index (χ1n) is 10.3. The summed E-state index contributed by atoms with van der Waals surface area (Å²) >= 11 is 3.41. The monoisotopic (exact) mass is 482 g/mol. The van der Waals surface area contributed by atoms with Gasteiger partial charge in [-0.3, -0.25) is 4.79 Å².